The topological polar surface area (TPSA) is 158 Å². The number of hydrogen-bond donors (Lipinski definition) is 5. The zero-order valence-corrected chi connectivity index (χ0v) is 40.1. The van der Waals surface area contributed by atoms with Crippen LogP contribution in [0.3, 0.4) is 0 Å². The van der Waals surface area contributed by atoms with Gasteiger partial charge in [0.25, 0.3) is 5.91 Å². The Balaban J connectivity index is 0.000000253. The molecule has 6 rings (SSSR count). The number of ketones is 1. The van der Waals surface area contributed by atoms with Gasteiger partial charge in [0.1, 0.15) is 5.75 Å². The number of aromatic hydroxyl groups is 1. The lowest BCUT2D eigenvalue weighted by Crippen LogP contribution is -2.48. The van der Waals surface area contributed by atoms with Crippen molar-refractivity contribution in [2.45, 2.75) is 53.0 Å². The maximum absolute atomic E-state index is 12.4. The number of Topliss-reactive ketones (excluding diaryl/α,β-unsaturated/α-hetero) is 1. The summed E-state index contributed by atoms with van der Waals surface area (Å²) in [5.74, 6) is -0.698. The van der Waals surface area contributed by atoms with Gasteiger partial charge in [-0.1, -0.05) is 95.1 Å². The normalized spacial score (nSPS) is 13.8. The van der Waals surface area contributed by atoms with Crippen LogP contribution in [0, 0.1) is 0 Å². The number of aliphatic carboxylic acids is 1. The molecule has 2 fully saturated rings. The van der Waals surface area contributed by atoms with Gasteiger partial charge in [-0.2, -0.15) is 0 Å². The highest BCUT2D eigenvalue weighted by Gasteiger charge is 2.21. The predicted molar refractivity (Wildman–Crippen MR) is 259 cm³/mol. The molecule has 4 aromatic carbocycles. The van der Waals surface area contributed by atoms with Gasteiger partial charge >= 0.3 is 5.97 Å². The Kier molecular flexibility index (Phi) is 25.5. The molecular weight excluding hydrogens is 930 g/mol. The number of para-hydroxylation sites is 1. The Morgan fingerprint density at radius 2 is 1.29 bits per heavy atom. The molecule has 4 aromatic rings. The average molecular weight is 996 g/mol. The fourth-order valence-electron chi connectivity index (χ4n) is 6.54. The van der Waals surface area contributed by atoms with Crippen molar-refractivity contribution in [3.8, 4) is 5.75 Å². The van der Waals surface area contributed by atoms with Crippen LogP contribution < -0.4 is 16.1 Å². The highest BCUT2D eigenvalue weighted by atomic mass is 79.9. The average Bonchev–Trinajstić information content (AvgIpc) is 3.29. The number of carboxylic acids is 1. The van der Waals surface area contributed by atoms with Crippen molar-refractivity contribution in [3.63, 3.8) is 0 Å². The number of hydrogen-bond acceptors (Lipinski definition) is 10. The Hall–Kier alpha value is -4.64. The second-order valence-corrected chi connectivity index (χ2v) is 16.7. The first-order valence-corrected chi connectivity index (χ1v) is 23.3. The number of halogens is 2. The number of amides is 2. The van der Waals surface area contributed by atoms with E-state index in [1.807, 2.05) is 47.4 Å². The summed E-state index contributed by atoms with van der Waals surface area (Å²) in [4.78, 5) is 52.8. The second-order valence-electron chi connectivity index (χ2n) is 14.9. The van der Waals surface area contributed by atoms with Crippen LogP contribution in [0.1, 0.15) is 72.7 Å². The number of nitrogens with one attached hydrogen (secondary N) is 3. The van der Waals surface area contributed by atoms with Crippen molar-refractivity contribution in [2.24, 2.45) is 0 Å². The third-order valence-corrected chi connectivity index (χ3v) is 11.3. The van der Waals surface area contributed by atoms with E-state index in [0.717, 1.165) is 60.3 Å². The van der Waals surface area contributed by atoms with Gasteiger partial charge in [-0.15, -0.1) is 0 Å². The van der Waals surface area contributed by atoms with Crippen molar-refractivity contribution in [3.05, 3.63) is 129 Å². The molecular formula is C48H65Br2N7O6. The summed E-state index contributed by atoms with van der Waals surface area (Å²) in [6, 6.07) is 31.8. The molecule has 2 heterocycles. The lowest BCUT2D eigenvalue weighted by molar-refractivity contribution is -0.137. The van der Waals surface area contributed by atoms with E-state index < -0.39 is 5.97 Å². The zero-order chi connectivity index (χ0) is 45.8. The van der Waals surface area contributed by atoms with Gasteiger partial charge in [0.2, 0.25) is 5.91 Å². The van der Waals surface area contributed by atoms with E-state index in [2.05, 4.69) is 95.6 Å². The van der Waals surface area contributed by atoms with Gasteiger partial charge in [0.15, 0.2) is 5.78 Å². The number of nitrogens with zero attached hydrogens (tertiary/aromatic N) is 4. The summed E-state index contributed by atoms with van der Waals surface area (Å²) in [5, 5.41) is 26.0. The summed E-state index contributed by atoms with van der Waals surface area (Å²) < 4.78 is 1.84. The number of benzene rings is 4. The summed E-state index contributed by atoms with van der Waals surface area (Å²) in [6.07, 6.45) is 1.32. The first-order valence-electron chi connectivity index (χ1n) is 21.7. The van der Waals surface area contributed by atoms with E-state index in [1.165, 1.54) is 25.3 Å². The minimum Gasteiger partial charge on any atom is -0.508 e. The summed E-state index contributed by atoms with van der Waals surface area (Å²) >= 11 is 6.62. The van der Waals surface area contributed by atoms with E-state index in [-0.39, 0.29) is 36.3 Å². The molecule has 0 unspecified atom stereocenters. The highest BCUT2D eigenvalue weighted by molar-refractivity contribution is 9.10. The van der Waals surface area contributed by atoms with Gasteiger partial charge in [-0.25, -0.2) is 5.01 Å². The third-order valence-electron chi connectivity index (χ3n) is 10.3. The lowest BCUT2D eigenvalue weighted by atomic mass is 10.1. The number of carbonyl (C=O) groups excluding carboxylic acids is 3. The molecule has 0 radical (unpaired) electrons. The molecule has 0 saturated carbocycles. The molecule has 2 aliphatic rings. The molecule has 0 aromatic heterocycles. The Morgan fingerprint density at radius 3 is 1.83 bits per heavy atom. The van der Waals surface area contributed by atoms with Crippen LogP contribution in [0.4, 0.5) is 5.69 Å². The molecule has 13 nitrogen and oxygen atoms in total. The van der Waals surface area contributed by atoms with Gasteiger partial charge < -0.3 is 36.1 Å². The monoisotopic (exact) mass is 993 g/mol. The molecule has 5 N–H and O–H groups in total. The number of phenols is 1. The molecule has 0 aliphatic carbocycles. The van der Waals surface area contributed by atoms with Crippen LogP contribution >= 0.6 is 31.9 Å². The molecule has 0 atom stereocenters. The van der Waals surface area contributed by atoms with Crippen molar-refractivity contribution in [1.82, 2.24) is 30.3 Å². The number of carbonyl (C=O) groups is 4. The minimum absolute atomic E-state index is 0.0672. The number of piperazine rings is 2. The second kappa shape index (κ2) is 30.4. The first-order chi connectivity index (χ1) is 30.4. The van der Waals surface area contributed by atoms with Crippen LogP contribution in [0.5, 0.6) is 5.75 Å². The number of phenolic OH excluding ortho intramolecular Hbond substituents is 1. The number of anilines is 1. The summed E-state index contributed by atoms with van der Waals surface area (Å²) in [7, 11) is 0. The van der Waals surface area contributed by atoms with Crippen LogP contribution in [-0.2, 0) is 16.1 Å². The minimum atomic E-state index is -0.925. The molecule has 2 aliphatic heterocycles. The molecule has 15 heteroatoms. The van der Waals surface area contributed by atoms with Crippen LogP contribution in [0.15, 0.2) is 112 Å². The SMILES string of the molecule is CCN(CC)CC.O=C(CCCC(=O)N1CCN(Cc2cccc(O)c2)CC1)c1ccc(Br)cc1.O=C(O)CCNC(=O)c1ccc(Br)cc1.c1ccc(NN2CCNCC2)cc1. The molecule has 0 spiro atoms. The maximum atomic E-state index is 12.4. The van der Waals surface area contributed by atoms with Gasteiger partial charge in [-0.05, 0) is 92.3 Å². The molecule has 0 bridgehead atoms. The van der Waals surface area contributed by atoms with E-state index >= 15 is 0 Å². The third kappa shape index (κ3) is 22.0. The van der Waals surface area contributed by atoms with Crippen molar-refractivity contribution in [2.75, 3.05) is 84.0 Å². The van der Waals surface area contributed by atoms with Gasteiger partial charge in [-0.3, -0.25) is 24.1 Å². The van der Waals surface area contributed by atoms with Crippen LogP contribution in [0.2, 0.25) is 0 Å². The Morgan fingerprint density at radius 1 is 0.698 bits per heavy atom. The number of carboxylic acid groups (broad SMARTS) is 1. The maximum Gasteiger partial charge on any atom is 0.305 e. The number of hydrazine groups is 1. The van der Waals surface area contributed by atoms with Gasteiger partial charge in [0.05, 0.1) is 6.42 Å². The summed E-state index contributed by atoms with van der Waals surface area (Å²) in [6.45, 7) is 18.4. The molecule has 63 heavy (non-hydrogen) atoms. The quantitative estimate of drug-likeness (QED) is 0.0699. The Bertz CT molecular complexity index is 1920. The molecule has 342 valence electrons. The fourth-order valence-corrected chi connectivity index (χ4v) is 7.06. The van der Waals surface area contributed by atoms with E-state index in [0.29, 0.717) is 43.5 Å². The fraction of sp³-hybridized carbons (Fsp3) is 0.417. The van der Waals surface area contributed by atoms with E-state index in [4.69, 9.17) is 5.11 Å². The van der Waals surface area contributed by atoms with Crippen molar-refractivity contribution >= 4 is 61.1 Å². The summed E-state index contributed by atoms with van der Waals surface area (Å²) in [5.41, 5.74) is 6.83. The largest absolute Gasteiger partial charge is 0.508 e. The lowest BCUT2D eigenvalue weighted by Gasteiger charge is -2.34. The zero-order valence-electron chi connectivity index (χ0n) is 36.9. The molecule has 2 amide bonds. The Labute approximate surface area is 390 Å². The van der Waals surface area contributed by atoms with Crippen LogP contribution in [0.25, 0.3) is 0 Å². The smallest absolute Gasteiger partial charge is 0.305 e. The number of rotatable bonds is 16. The highest BCUT2D eigenvalue weighted by Crippen LogP contribution is 2.17. The first kappa shape index (κ1) is 52.7. The van der Waals surface area contributed by atoms with Crippen molar-refractivity contribution in [1.29, 1.82) is 0 Å². The molecule has 2 saturated heterocycles. The van der Waals surface area contributed by atoms with Crippen molar-refractivity contribution < 1.29 is 29.4 Å². The van der Waals surface area contributed by atoms with Crippen LogP contribution in [-0.4, -0.2) is 132 Å². The standard InChI is InChI=1S/C22H25BrN2O3.C10H10BrNO3.C10H15N3.C6H15N/c23-19-9-7-18(8-10-19)21(27)5-2-6-22(28)25-13-11-24(12-14-25)16-17-3-1-4-20(26)15-17;11-8-3-1-7(2-4-8)10(15)12-6-5-9(13)14;1-2-4-10(5-3-1)12-13-8-6-11-7-9-13;1-4-7(5-2)6-3/h1,3-4,7-10,15,26H,2,5-6,11-14,16H2;1-4H,5-6H2,(H,12,15)(H,13,14);1-5,11-12H,6-9H2;4-6H2,1-3H3. The van der Waals surface area contributed by atoms with E-state index in [9.17, 15) is 24.3 Å². The van der Waals surface area contributed by atoms with E-state index in [1.54, 1.807) is 48.5 Å². The van der Waals surface area contributed by atoms with Gasteiger partial charge in [0, 0.05) is 104 Å². The predicted octanol–water partition coefficient (Wildman–Crippen LogP) is 7.77.